The van der Waals surface area contributed by atoms with Crippen LogP contribution in [0.4, 0.5) is 0 Å². The molecule has 4 nitrogen and oxygen atoms in total. The van der Waals surface area contributed by atoms with E-state index < -0.39 is 15.9 Å². The van der Waals surface area contributed by atoms with Crippen LogP contribution in [0, 0.1) is 6.92 Å². The van der Waals surface area contributed by atoms with Gasteiger partial charge in [0.1, 0.15) is 0 Å². The molecule has 2 rings (SSSR count). The number of aryl methyl sites for hydroxylation is 1. The van der Waals surface area contributed by atoms with E-state index in [1.807, 2.05) is 4.72 Å². The molecule has 0 aromatic heterocycles. The number of carbonyl (C=O) groups is 1. The molecular weight excluding hydrogens is 357 g/mol. The fourth-order valence-electron chi connectivity index (χ4n) is 1.87. The van der Waals surface area contributed by atoms with Gasteiger partial charge in [-0.1, -0.05) is 41.4 Å². The van der Waals surface area contributed by atoms with Gasteiger partial charge in [0.2, 0.25) is 0 Å². The summed E-state index contributed by atoms with van der Waals surface area (Å²) in [4.78, 5) is 12.1. The first-order valence-corrected chi connectivity index (χ1v) is 8.84. The average molecular weight is 370 g/mol. The van der Waals surface area contributed by atoms with Crippen molar-refractivity contribution in [3.63, 3.8) is 0 Å². The predicted molar refractivity (Wildman–Crippen MR) is 93.1 cm³/mol. The summed E-state index contributed by atoms with van der Waals surface area (Å²) in [7, 11) is -3.94. The van der Waals surface area contributed by atoms with Crippen LogP contribution < -0.4 is 4.72 Å². The zero-order valence-corrected chi connectivity index (χ0v) is 14.4. The van der Waals surface area contributed by atoms with Crippen molar-refractivity contribution in [1.29, 1.82) is 0 Å². The number of carbonyl (C=O) groups excluding carboxylic acids is 1. The number of hydrogen-bond donors (Lipinski definition) is 1. The summed E-state index contributed by atoms with van der Waals surface area (Å²) in [5.74, 6) is -0.719. The maximum absolute atomic E-state index is 12.1. The van der Waals surface area contributed by atoms with Gasteiger partial charge in [0.15, 0.2) is 0 Å². The van der Waals surface area contributed by atoms with Crippen LogP contribution in [0.15, 0.2) is 47.9 Å². The minimum Gasteiger partial charge on any atom is -0.268 e. The Morgan fingerprint density at radius 3 is 2.48 bits per heavy atom. The van der Waals surface area contributed by atoms with Crippen LogP contribution >= 0.6 is 23.2 Å². The van der Waals surface area contributed by atoms with Crippen molar-refractivity contribution < 1.29 is 13.2 Å². The van der Waals surface area contributed by atoms with Gasteiger partial charge in [0, 0.05) is 15.6 Å². The molecule has 0 aliphatic carbocycles. The Bertz CT molecular complexity index is 877. The summed E-state index contributed by atoms with van der Waals surface area (Å²) in [6.07, 6.45) is 1.33. The topological polar surface area (TPSA) is 63.2 Å². The number of sulfonamides is 1. The Morgan fingerprint density at radius 2 is 1.83 bits per heavy atom. The Balaban J connectivity index is 2.18. The van der Waals surface area contributed by atoms with Crippen molar-refractivity contribution in [3.8, 4) is 0 Å². The highest BCUT2D eigenvalue weighted by atomic mass is 35.5. The number of benzene rings is 2. The van der Waals surface area contributed by atoms with E-state index in [4.69, 9.17) is 23.2 Å². The molecule has 23 heavy (non-hydrogen) atoms. The van der Waals surface area contributed by atoms with Crippen LogP contribution in [-0.2, 0) is 10.0 Å². The van der Waals surface area contributed by atoms with Crippen molar-refractivity contribution in [2.45, 2.75) is 6.92 Å². The summed E-state index contributed by atoms with van der Waals surface area (Å²) in [6, 6.07) is 11.4. The van der Waals surface area contributed by atoms with Gasteiger partial charge in [-0.2, -0.15) is 0 Å². The molecule has 0 bridgehead atoms. The van der Waals surface area contributed by atoms with Crippen LogP contribution in [0.5, 0.6) is 0 Å². The Kier molecular flexibility index (Phi) is 5.46. The van der Waals surface area contributed by atoms with E-state index in [2.05, 4.69) is 0 Å². The van der Waals surface area contributed by atoms with Gasteiger partial charge in [0.25, 0.3) is 15.9 Å². The molecule has 2 aromatic rings. The van der Waals surface area contributed by atoms with Crippen LogP contribution in [0.2, 0.25) is 10.0 Å². The molecule has 7 heteroatoms. The van der Waals surface area contributed by atoms with Crippen molar-refractivity contribution in [3.05, 3.63) is 74.6 Å². The summed E-state index contributed by atoms with van der Waals surface area (Å²) in [5, 5.41) is 1.79. The molecule has 0 fully saturated rings. The number of hydrogen-bond acceptors (Lipinski definition) is 3. The van der Waals surface area contributed by atoms with E-state index in [0.29, 0.717) is 21.2 Å². The molecule has 0 atom stereocenters. The minimum absolute atomic E-state index is 0.240. The first kappa shape index (κ1) is 17.5. The molecule has 1 N–H and O–H groups in total. The van der Waals surface area contributed by atoms with Crippen molar-refractivity contribution in [2.75, 3.05) is 0 Å². The average Bonchev–Trinajstić information content (AvgIpc) is 2.45. The molecule has 0 aliphatic rings. The van der Waals surface area contributed by atoms with Gasteiger partial charge in [-0.15, -0.1) is 0 Å². The molecule has 0 heterocycles. The lowest BCUT2D eigenvalue weighted by molar-refractivity contribution is 0.0981. The third kappa shape index (κ3) is 4.82. The zero-order chi connectivity index (χ0) is 17.0. The first-order chi connectivity index (χ1) is 10.8. The molecule has 1 amide bonds. The third-order valence-electron chi connectivity index (χ3n) is 3.00. The number of rotatable bonds is 4. The smallest absolute Gasteiger partial charge is 0.265 e. The number of halogens is 2. The highest BCUT2D eigenvalue weighted by Gasteiger charge is 2.15. The highest BCUT2D eigenvalue weighted by molar-refractivity contribution is 7.93. The largest absolute Gasteiger partial charge is 0.268 e. The summed E-state index contributed by atoms with van der Waals surface area (Å²) in [6.45, 7) is 1.67. The molecule has 0 saturated carbocycles. The van der Waals surface area contributed by atoms with Gasteiger partial charge >= 0.3 is 0 Å². The SMILES string of the molecule is Cc1cc(Cl)ccc1C(=O)NS(=O)(=O)C=Cc1ccccc1Cl. The fourth-order valence-corrected chi connectivity index (χ4v) is 3.06. The lowest BCUT2D eigenvalue weighted by atomic mass is 10.1. The van der Waals surface area contributed by atoms with E-state index in [-0.39, 0.29) is 5.56 Å². The molecule has 2 aromatic carbocycles. The summed E-state index contributed by atoms with van der Waals surface area (Å²) in [5.41, 5.74) is 1.36. The fraction of sp³-hybridized carbons (Fsp3) is 0.0625. The summed E-state index contributed by atoms with van der Waals surface area (Å²) < 4.78 is 26.0. The Labute approximate surface area is 144 Å². The van der Waals surface area contributed by atoms with Crippen LogP contribution in [0.25, 0.3) is 6.08 Å². The van der Waals surface area contributed by atoms with Gasteiger partial charge in [0.05, 0.1) is 5.41 Å². The van der Waals surface area contributed by atoms with E-state index in [1.165, 1.54) is 18.2 Å². The van der Waals surface area contributed by atoms with E-state index >= 15 is 0 Å². The van der Waals surface area contributed by atoms with E-state index in [0.717, 1.165) is 5.41 Å². The van der Waals surface area contributed by atoms with Crippen molar-refractivity contribution in [2.24, 2.45) is 0 Å². The van der Waals surface area contributed by atoms with Gasteiger partial charge < -0.3 is 0 Å². The molecule has 0 unspecified atom stereocenters. The maximum atomic E-state index is 12.1. The standard InChI is InChI=1S/C16H13Cl2NO3S/c1-11-10-13(17)6-7-14(11)16(20)19-23(21,22)9-8-12-4-2-3-5-15(12)18/h2-10H,1H3,(H,19,20). The third-order valence-corrected chi connectivity index (χ3v) is 4.54. The van der Waals surface area contributed by atoms with Gasteiger partial charge in [-0.3, -0.25) is 4.79 Å². The number of nitrogens with one attached hydrogen (secondary N) is 1. The molecule has 0 aliphatic heterocycles. The zero-order valence-electron chi connectivity index (χ0n) is 12.1. The second kappa shape index (κ2) is 7.17. The predicted octanol–water partition coefficient (Wildman–Crippen LogP) is 4.03. The maximum Gasteiger partial charge on any atom is 0.265 e. The van der Waals surface area contributed by atoms with Gasteiger partial charge in [-0.25, -0.2) is 13.1 Å². The van der Waals surface area contributed by atoms with Crippen molar-refractivity contribution >= 4 is 45.2 Å². The highest BCUT2D eigenvalue weighted by Crippen LogP contribution is 2.17. The quantitative estimate of drug-likeness (QED) is 0.884. The van der Waals surface area contributed by atoms with Crippen LogP contribution in [0.1, 0.15) is 21.5 Å². The molecule has 0 spiro atoms. The van der Waals surface area contributed by atoms with Gasteiger partial charge in [-0.05, 0) is 48.4 Å². The number of amides is 1. The van der Waals surface area contributed by atoms with Crippen LogP contribution in [0.3, 0.4) is 0 Å². The summed E-state index contributed by atoms with van der Waals surface area (Å²) >= 11 is 11.8. The molecule has 0 radical (unpaired) electrons. The minimum atomic E-state index is -3.94. The Morgan fingerprint density at radius 1 is 1.13 bits per heavy atom. The molecular formula is C16H13Cl2NO3S. The Hall–Kier alpha value is -1.82. The lowest BCUT2D eigenvalue weighted by Gasteiger charge is -2.06. The second-order valence-electron chi connectivity index (χ2n) is 4.76. The monoisotopic (exact) mass is 369 g/mol. The van der Waals surface area contributed by atoms with E-state index in [1.54, 1.807) is 37.3 Å². The molecule has 0 saturated heterocycles. The first-order valence-electron chi connectivity index (χ1n) is 6.54. The van der Waals surface area contributed by atoms with Crippen LogP contribution in [-0.4, -0.2) is 14.3 Å². The molecule has 120 valence electrons. The van der Waals surface area contributed by atoms with Crippen molar-refractivity contribution in [1.82, 2.24) is 4.72 Å². The van der Waals surface area contributed by atoms with E-state index in [9.17, 15) is 13.2 Å². The lowest BCUT2D eigenvalue weighted by Crippen LogP contribution is -2.29. The normalized spacial score (nSPS) is 11.6. The second-order valence-corrected chi connectivity index (χ2v) is 7.17.